The molecule has 0 rings (SSSR count). The number of carbonyl (C=O) groups is 3. The summed E-state index contributed by atoms with van der Waals surface area (Å²) in [7, 11) is 0. The van der Waals surface area contributed by atoms with E-state index < -0.39 is 12.1 Å². The van der Waals surface area contributed by atoms with Crippen LogP contribution < -0.4 is 0 Å². The van der Waals surface area contributed by atoms with Gasteiger partial charge in [-0.25, -0.2) is 0 Å². The minimum absolute atomic E-state index is 0.105. The Morgan fingerprint density at radius 2 is 0.661 bits per heavy atom. The number of ether oxygens (including phenoxy) is 3. The third kappa shape index (κ3) is 47.9. The molecule has 0 aliphatic carbocycles. The molecular formula is C56H96O6. The lowest BCUT2D eigenvalue weighted by Crippen LogP contribution is -2.30. The van der Waals surface area contributed by atoms with E-state index in [1.165, 1.54) is 128 Å². The summed E-state index contributed by atoms with van der Waals surface area (Å²) >= 11 is 0. The highest BCUT2D eigenvalue weighted by Gasteiger charge is 2.19. The first kappa shape index (κ1) is 58.9. The molecule has 0 saturated carbocycles. The molecule has 0 N–H and O–H groups in total. The fourth-order valence-electron chi connectivity index (χ4n) is 7.07. The van der Waals surface area contributed by atoms with Crippen molar-refractivity contribution in [3.05, 3.63) is 72.9 Å². The lowest BCUT2D eigenvalue weighted by Gasteiger charge is -2.18. The van der Waals surface area contributed by atoms with Gasteiger partial charge in [-0.2, -0.15) is 0 Å². The highest BCUT2D eigenvalue weighted by atomic mass is 16.6. The minimum Gasteiger partial charge on any atom is -0.462 e. The molecule has 0 aromatic heterocycles. The van der Waals surface area contributed by atoms with E-state index in [9.17, 15) is 14.4 Å². The standard InChI is InChI=1S/C56H96O6/c1-4-7-10-13-16-19-21-23-25-27-28-29-31-32-34-37-40-43-46-49-55(58)61-52-53(51-60-54(57)48-45-42-39-36-18-15-12-9-6-3)62-56(59)50-47-44-41-38-35-33-30-26-24-22-20-17-14-11-8-5-2/h8,11,17,20,24,26-28,33,35,41,44,53H,4-7,9-10,12-16,18-19,21-23,25,29-32,34,36-40,42-43,45-52H2,1-3H3/b11-8-,20-17-,26-24-,28-27-,35-33-,44-41-. The average Bonchev–Trinajstić information content (AvgIpc) is 3.27. The van der Waals surface area contributed by atoms with Crippen molar-refractivity contribution in [2.24, 2.45) is 0 Å². The normalized spacial score (nSPS) is 12.6. The Morgan fingerprint density at radius 3 is 1.05 bits per heavy atom. The van der Waals surface area contributed by atoms with Gasteiger partial charge in [0.05, 0.1) is 0 Å². The Bertz CT molecular complexity index is 1180. The van der Waals surface area contributed by atoms with Crippen molar-refractivity contribution in [3.63, 3.8) is 0 Å². The molecule has 6 nitrogen and oxygen atoms in total. The number of allylic oxidation sites excluding steroid dienone is 12. The minimum atomic E-state index is -0.813. The number of hydrogen-bond acceptors (Lipinski definition) is 6. The van der Waals surface area contributed by atoms with Gasteiger partial charge in [0.1, 0.15) is 13.2 Å². The Morgan fingerprint density at radius 1 is 0.339 bits per heavy atom. The molecule has 6 heteroatoms. The van der Waals surface area contributed by atoms with E-state index in [1.54, 1.807) is 0 Å². The summed E-state index contributed by atoms with van der Waals surface area (Å²) in [6.07, 6.45) is 63.4. The van der Waals surface area contributed by atoms with Crippen LogP contribution in [0, 0.1) is 0 Å². The van der Waals surface area contributed by atoms with E-state index in [1.807, 2.05) is 12.2 Å². The van der Waals surface area contributed by atoms with Gasteiger partial charge >= 0.3 is 17.9 Å². The smallest absolute Gasteiger partial charge is 0.306 e. The fourth-order valence-corrected chi connectivity index (χ4v) is 7.07. The quantitative estimate of drug-likeness (QED) is 0.0262. The van der Waals surface area contributed by atoms with Crippen LogP contribution in [0.1, 0.15) is 245 Å². The van der Waals surface area contributed by atoms with E-state index in [-0.39, 0.29) is 31.6 Å². The highest BCUT2D eigenvalue weighted by molar-refractivity contribution is 5.71. The summed E-state index contributed by atoms with van der Waals surface area (Å²) in [6, 6.07) is 0. The number of rotatable bonds is 46. The van der Waals surface area contributed by atoms with E-state index >= 15 is 0 Å². The average molecular weight is 865 g/mol. The van der Waals surface area contributed by atoms with Gasteiger partial charge in [-0.15, -0.1) is 0 Å². The van der Waals surface area contributed by atoms with Gasteiger partial charge in [0.25, 0.3) is 0 Å². The Labute approximate surface area is 382 Å². The van der Waals surface area contributed by atoms with E-state index in [0.29, 0.717) is 19.3 Å². The van der Waals surface area contributed by atoms with Gasteiger partial charge in [0.15, 0.2) is 6.10 Å². The summed E-state index contributed by atoms with van der Waals surface area (Å²) in [4.78, 5) is 37.8. The maximum atomic E-state index is 12.7. The predicted molar refractivity (Wildman–Crippen MR) is 265 cm³/mol. The van der Waals surface area contributed by atoms with Crippen LogP contribution in [0.5, 0.6) is 0 Å². The zero-order valence-electron chi connectivity index (χ0n) is 40.6. The van der Waals surface area contributed by atoms with E-state index in [0.717, 1.165) is 70.6 Å². The van der Waals surface area contributed by atoms with Gasteiger partial charge in [0, 0.05) is 19.3 Å². The van der Waals surface area contributed by atoms with Crippen molar-refractivity contribution in [3.8, 4) is 0 Å². The molecule has 0 fully saturated rings. The lowest BCUT2D eigenvalue weighted by atomic mass is 10.1. The second-order valence-corrected chi connectivity index (χ2v) is 17.1. The first-order chi connectivity index (χ1) is 30.5. The topological polar surface area (TPSA) is 78.9 Å². The van der Waals surface area contributed by atoms with Gasteiger partial charge in [-0.3, -0.25) is 14.4 Å². The second-order valence-electron chi connectivity index (χ2n) is 17.1. The van der Waals surface area contributed by atoms with Crippen LogP contribution in [-0.2, 0) is 28.6 Å². The number of unbranched alkanes of at least 4 members (excludes halogenated alkanes) is 23. The Kier molecular flexibility index (Phi) is 47.9. The lowest BCUT2D eigenvalue weighted by molar-refractivity contribution is -0.166. The molecule has 0 heterocycles. The molecule has 0 aromatic rings. The SMILES string of the molecule is CC/C=C\C/C=C\C/C=C\C/C=C\C/C=C\CCC(=O)OC(COC(=O)CCCCCCCCC/C=C\CCCCCCCCCC)COC(=O)CCCCCCCCCCC. The molecule has 62 heavy (non-hydrogen) atoms. The monoisotopic (exact) mass is 865 g/mol. The van der Waals surface area contributed by atoms with Crippen molar-refractivity contribution >= 4 is 17.9 Å². The van der Waals surface area contributed by atoms with Crippen LogP contribution in [0.3, 0.4) is 0 Å². The van der Waals surface area contributed by atoms with Gasteiger partial charge in [-0.1, -0.05) is 222 Å². The molecule has 356 valence electrons. The van der Waals surface area contributed by atoms with E-state index in [4.69, 9.17) is 14.2 Å². The van der Waals surface area contributed by atoms with Crippen molar-refractivity contribution in [1.29, 1.82) is 0 Å². The summed E-state index contributed by atoms with van der Waals surface area (Å²) in [5.41, 5.74) is 0. The maximum Gasteiger partial charge on any atom is 0.306 e. The molecule has 0 aromatic carbocycles. The van der Waals surface area contributed by atoms with Crippen LogP contribution >= 0.6 is 0 Å². The molecule has 0 amide bonds. The van der Waals surface area contributed by atoms with Gasteiger partial charge in [0.2, 0.25) is 0 Å². The van der Waals surface area contributed by atoms with Crippen LogP contribution in [0.15, 0.2) is 72.9 Å². The highest BCUT2D eigenvalue weighted by Crippen LogP contribution is 2.14. The molecule has 0 aliphatic rings. The summed E-state index contributed by atoms with van der Waals surface area (Å²) < 4.78 is 16.7. The largest absolute Gasteiger partial charge is 0.462 e. The van der Waals surface area contributed by atoms with Crippen molar-refractivity contribution in [1.82, 2.24) is 0 Å². The Balaban J connectivity index is 4.40. The molecule has 1 atom stereocenters. The van der Waals surface area contributed by atoms with Crippen molar-refractivity contribution < 1.29 is 28.6 Å². The number of hydrogen-bond donors (Lipinski definition) is 0. The van der Waals surface area contributed by atoms with Crippen LogP contribution in [0.25, 0.3) is 0 Å². The molecule has 0 spiro atoms. The second kappa shape index (κ2) is 50.5. The third-order valence-corrected chi connectivity index (χ3v) is 11.0. The van der Waals surface area contributed by atoms with Crippen molar-refractivity contribution in [2.45, 2.75) is 252 Å². The first-order valence-electron chi connectivity index (χ1n) is 25.9. The summed E-state index contributed by atoms with van der Waals surface area (Å²) in [6.45, 7) is 6.44. The summed E-state index contributed by atoms with van der Waals surface area (Å²) in [5, 5.41) is 0. The third-order valence-electron chi connectivity index (χ3n) is 11.0. The number of carbonyl (C=O) groups excluding carboxylic acids is 3. The molecule has 0 bridgehead atoms. The molecule has 0 aliphatic heterocycles. The Hall–Kier alpha value is -3.15. The fraction of sp³-hybridized carbons (Fsp3) is 0.732. The maximum absolute atomic E-state index is 12.7. The van der Waals surface area contributed by atoms with E-state index in [2.05, 4.69) is 81.5 Å². The summed E-state index contributed by atoms with van der Waals surface area (Å²) in [5.74, 6) is -0.995. The number of esters is 3. The molecule has 0 saturated heterocycles. The van der Waals surface area contributed by atoms with Crippen molar-refractivity contribution in [2.75, 3.05) is 13.2 Å². The zero-order chi connectivity index (χ0) is 45.1. The molecule has 0 radical (unpaired) electrons. The van der Waals surface area contributed by atoms with Gasteiger partial charge < -0.3 is 14.2 Å². The van der Waals surface area contributed by atoms with Crippen LogP contribution in [0.4, 0.5) is 0 Å². The zero-order valence-corrected chi connectivity index (χ0v) is 40.6. The molecule has 1 unspecified atom stereocenters. The van der Waals surface area contributed by atoms with Gasteiger partial charge in [-0.05, 0) is 77.0 Å². The first-order valence-corrected chi connectivity index (χ1v) is 25.9. The predicted octanol–water partition coefficient (Wildman–Crippen LogP) is 17.0. The molecular weight excluding hydrogens is 769 g/mol. The van der Waals surface area contributed by atoms with Crippen LogP contribution in [-0.4, -0.2) is 37.2 Å². The van der Waals surface area contributed by atoms with Crippen LogP contribution in [0.2, 0.25) is 0 Å².